The highest BCUT2D eigenvalue weighted by molar-refractivity contribution is 5.89. The van der Waals surface area contributed by atoms with Crippen molar-refractivity contribution in [2.24, 2.45) is 5.73 Å². The summed E-state index contributed by atoms with van der Waals surface area (Å²) in [6.45, 7) is 0.947. The van der Waals surface area contributed by atoms with Crippen molar-refractivity contribution in [1.29, 1.82) is 0 Å². The number of benzene rings is 1. The zero-order chi connectivity index (χ0) is 15.9. The van der Waals surface area contributed by atoms with Gasteiger partial charge < -0.3 is 20.5 Å². The molecule has 2 aliphatic carbocycles. The Bertz CT molecular complexity index is 625. The fourth-order valence-electron chi connectivity index (χ4n) is 3.81. The first-order valence-corrected chi connectivity index (χ1v) is 8.59. The van der Waals surface area contributed by atoms with E-state index in [1.54, 1.807) is 0 Å². The second-order valence-corrected chi connectivity index (χ2v) is 7.25. The highest BCUT2D eigenvalue weighted by Gasteiger charge is 2.46. The summed E-state index contributed by atoms with van der Waals surface area (Å²) >= 11 is 0. The molecule has 0 atom stereocenters. The predicted octanol–water partition coefficient (Wildman–Crippen LogP) is 2.65. The molecular weight excluding hydrogens is 328 g/mol. The van der Waals surface area contributed by atoms with Crippen molar-refractivity contribution in [1.82, 2.24) is 5.32 Å². The van der Waals surface area contributed by atoms with Crippen molar-refractivity contribution in [3.8, 4) is 11.5 Å². The third-order valence-electron chi connectivity index (χ3n) is 5.62. The Morgan fingerprint density at radius 3 is 2.50 bits per heavy atom. The Labute approximate surface area is 148 Å². The molecule has 6 heteroatoms. The van der Waals surface area contributed by atoms with Crippen molar-refractivity contribution in [3.05, 3.63) is 23.8 Å². The van der Waals surface area contributed by atoms with Crippen LogP contribution in [-0.4, -0.2) is 24.8 Å². The SMILES string of the molecule is Cl.NC1(C(=O)NCC2(c3ccc4c(c3)OCO4)CCCCC2)CC1. The van der Waals surface area contributed by atoms with E-state index in [4.69, 9.17) is 15.2 Å². The zero-order valence-electron chi connectivity index (χ0n) is 13.8. The van der Waals surface area contributed by atoms with Crippen LogP contribution in [-0.2, 0) is 10.2 Å². The molecule has 3 N–H and O–H groups in total. The van der Waals surface area contributed by atoms with Gasteiger partial charge in [0.25, 0.3) is 0 Å². The summed E-state index contributed by atoms with van der Waals surface area (Å²) in [6, 6.07) is 6.20. The van der Waals surface area contributed by atoms with E-state index in [0.29, 0.717) is 6.54 Å². The normalized spacial score (nSPS) is 22.4. The average Bonchev–Trinajstić information content (AvgIpc) is 3.16. The van der Waals surface area contributed by atoms with Crippen LogP contribution in [0.3, 0.4) is 0 Å². The number of nitrogens with two attached hydrogens (primary N) is 1. The molecule has 2 saturated carbocycles. The highest BCUT2D eigenvalue weighted by atomic mass is 35.5. The third-order valence-corrected chi connectivity index (χ3v) is 5.62. The van der Waals surface area contributed by atoms with Gasteiger partial charge in [-0.15, -0.1) is 12.4 Å². The van der Waals surface area contributed by atoms with E-state index >= 15 is 0 Å². The summed E-state index contributed by atoms with van der Waals surface area (Å²) < 4.78 is 11.0. The minimum absolute atomic E-state index is 0. The molecule has 0 saturated heterocycles. The van der Waals surface area contributed by atoms with E-state index in [1.165, 1.54) is 24.8 Å². The summed E-state index contributed by atoms with van der Waals surface area (Å²) in [6.07, 6.45) is 7.43. The van der Waals surface area contributed by atoms with E-state index < -0.39 is 5.54 Å². The first kappa shape index (κ1) is 17.4. The molecule has 24 heavy (non-hydrogen) atoms. The number of carbonyl (C=O) groups is 1. The lowest BCUT2D eigenvalue weighted by molar-refractivity contribution is -0.123. The molecule has 132 valence electrons. The largest absolute Gasteiger partial charge is 0.454 e. The number of ether oxygens (including phenoxy) is 2. The molecule has 2 fully saturated rings. The molecular formula is C18H25ClN2O3. The van der Waals surface area contributed by atoms with Gasteiger partial charge in [0.05, 0.1) is 5.54 Å². The Morgan fingerprint density at radius 2 is 1.79 bits per heavy atom. The fraction of sp³-hybridized carbons (Fsp3) is 0.611. The lowest BCUT2D eigenvalue weighted by atomic mass is 9.69. The van der Waals surface area contributed by atoms with Gasteiger partial charge in [-0.3, -0.25) is 4.79 Å². The Morgan fingerprint density at radius 1 is 1.08 bits per heavy atom. The molecule has 0 bridgehead atoms. The Balaban J connectivity index is 0.00000169. The van der Waals surface area contributed by atoms with Crippen LogP contribution in [0.15, 0.2) is 18.2 Å². The maximum absolute atomic E-state index is 12.2. The molecule has 0 aromatic heterocycles. The fourth-order valence-corrected chi connectivity index (χ4v) is 3.81. The van der Waals surface area contributed by atoms with E-state index in [1.807, 2.05) is 6.07 Å². The standard InChI is InChI=1S/C18H24N2O3.ClH/c19-18(8-9-18)16(21)20-11-17(6-2-1-3-7-17)13-4-5-14-15(10-13)23-12-22-14;/h4-5,10H,1-3,6-9,11-12,19H2,(H,20,21);1H. The highest BCUT2D eigenvalue weighted by Crippen LogP contribution is 2.43. The number of hydrogen-bond donors (Lipinski definition) is 2. The van der Waals surface area contributed by atoms with Gasteiger partial charge >= 0.3 is 0 Å². The van der Waals surface area contributed by atoms with Crippen molar-refractivity contribution in [2.75, 3.05) is 13.3 Å². The monoisotopic (exact) mass is 352 g/mol. The predicted molar refractivity (Wildman–Crippen MR) is 93.7 cm³/mol. The van der Waals surface area contributed by atoms with Gasteiger partial charge in [0.15, 0.2) is 11.5 Å². The average molecular weight is 353 g/mol. The summed E-state index contributed by atoms with van der Waals surface area (Å²) in [5, 5.41) is 3.13. The van der Waals surface area contributed by atoms with Crippen LogP contribution in [0.4, 0.5) is 0 Å². The molecule has 1 aromatic rings. The van der Waals surface area contributed by atoms with Gasteiger partial charge in [-0.1, -0.05) is 25.3 Å². The molecule has 1 aromatic carbocycles. The number of hydrogen-bond acceptors (Lipinski definition) is 4. The van der Waals surface area contributed by atoms with E-state index in [-0.39, 0.29) is 30.5 Å². The van der Waals surface area contributed by atoms with Gasteiger partial charge in [-0.05, 0) is 43.4 Å². The number of fused-ring (bicyclic) bond motifs is 1. The van der Waals surface area contributed by atoms with Crippen molar-refractivity contribution in [2.45, 2.75) is 55.9 Å². The van der Waals surface area contributed by atoms with E-state index in [9.17, 15) is 4.79 Å². The minimum atomic E-state index is -0.606. The lowest BCUT2D eigenvalue weighted by Crippen LogP contribution is -2.48. The molecule has 4 rings (SSSR count). The third kappa shape index (κ3) is 3.07. The van der Waals surface area contributed by atoms with Gasteiger partial charge in [-0.2, -0.15) is 0 Å². The molecule has 0 radical (unpaired) electrons. The lowest BCUT2D eigenvalue weighted by Gasteiger charge is -2.38. The first-order chi connectivity index (χ1) is 11.1. The van der Waals surface area contributed by atoms with Crippen LogP contribution in [0.1, 0.15) is 50.5 Å². The van der Waals surface area contributed by atoms with E-state index in [2.05, 4.69) is 17.4 Å². The molecule has 0 spiro atoms. The molecule has 0 unspecified atom stereocenters. The van der Waals surface area contributed by atoms with E-state index in [0.717, 1.165) is 37.2 Å². The Kier molecular flexibility index (Phi) is 4.67. The van der Waals surface area contributed by atoms with Crippen LogP contribution in [0.2, 0.25) is 0 Å². The summed E-state index contributed by atoms with van der Waals surface area (Å²) in [5.74, 6) is 1.63. The molecule has 1 heterocycles. The maximum atomic E-state index is 12.2. The molecule has 1 amide bonds. The number of amides is 1. The second kappa shape index (κ2) is 6.45. The van der Waals surface area contributed by atoms with Gasteiger partial charge in [0.1, 0.15) is 0 Å². The number of rotatable bonds is 4. The van der Waals surface area contributed by atoms with Crippen LogP contribution < -0.4 is 20.5 Å². The van der Waals surface area contributed by atoms with Gasteiger partial charge in [0.2, 0.25) is 12.7 Å². The summed E-state index contributed by atoms with van der Waals surface area (Å²) in [7, 11) is 0. The maximum Gasteiger partial charge on any atom is 0.240 e. The van der Waals surface area contributed by atoms with Crippen molar-refractivity contribution < 1.29 is 14.3 Å². The zero-order valence-corrected chi connectivity index (χ0v) is 14.6. The van der Waals surface area contributed by atoms with Crippen molar-refractivity contribution in [3.63, 3.8) is 0 Å². The summed E-state index contributed by atoms with van der Waals surface area (Å²) in [4.78, 5) is 12.2. The minimum Gasteiger partial charge on any atom is -0.454 e. The van der Waals surface area contributed by atoms with Crippen LogP contribution in [0.25, 0.3) is 0 Å². The topological polar surface area (TPSA) is 73.6 Å². The summed E-state index contributed by atoms with van der Waals surface area (Å²) in [5.41, 5.74) is 6.63. The number of carbonyl (C=O) groups excluding carboxylic acids is 1. The van der Waals surface area contributed by atoms with Crippen molar-refractivity contribution >= 4 is 18.3 Å². The smallest absolute Gasteiger partial charge is 0.240 e. The Hall–Kier alpha value is -1.46. The van der Waals surface area contributed by atoms with Crippen LogP contribution in [0.5, 0.6) is 11.5 Å². The van der Waals surface area contributed by atoms with Crippen LogP contribution in [0, 0.1) is 0 Å². The molecule has 1 aliphatic heterocycles. The quantitative estimate of drug-likeness (QED) is 0.873. The first-order valence-electron chi connectivity index (χ1n) is 8.59. The molecule has 3 aliphatic rings. The van der Waals surface area contributed by atoms with Gasteiger partial charge in [0, 0.05) is 12.0 Å². The molecule has 5 nitrogen and oxygen atoms in total. The number of nitrogens with one attached hydrogen (secondary N) is 1. The second-order valence-electron chi connectivity index (χ2n) is 7.25. The number of halogens is 1. The van der Waals surface area contributed by atoms with Gasteiger partial charge in [-0.25, -0.2) is 0 Å². The van der Waals surface area contributed by atoms with Crippen LogP contribution >= 0.6 is 12.4 Å².